The summed E-state index contributed by atoms with van der Waals surface area (Å²) in [5.74, 6) is 0.772. The number of rotatable bonds is 7. The zero-order chi connectivity index (χ0) is 23.6. The van der Waals surface area contributed by atoms with Crippen LogP contribution in [0.3, 0.4) is 0 Å². The minimum Gasteiger partial charge on any atom is -0.497 e. The fourth-order valence-corrected chi connectivity index (χ4v) is 8.31. The van der Waals surface area contributed by atoms with Gasteiger partial charge in [0.2, 0.25) is 15.9 Å². The molecular formula is C22H33N3O6S2. The Hall–Kier alpha value is -1.69. The monoisotopic (exact) mass is 499 g/mol. The first kappa shape index (κ1) is 24.4. The van der Waals surface area contributed by atoms with Gasteiger partial charge in [0.25, 0.3) is 0 Å². The number of ether oxygens (including phenoxy) is 1. The molecule has 4 rings (SSSR count). The number of amides is 1. The molecule has 0 bridgehead atoms. The van der Waals surface area contributed by atoms with Crippen LogP contribution in [-0.2, 0) is 24.7 Å². The van der Waals surface area contributed by atoms with Crippen LogP contribution in [0.25, 0.3) is 0 Å². The molecule has 1 atom stereocenters. The number of hydrogen-bond donors (Lipinski definition) is 0. The van der Waals surface area contributed by atoms with E-state index < -0.39 is 19.9 Å². The molecule has 0 unspecified atom stereocenters. The van der Waals surface area contributed by atoms with Gasteiger partial charge in [0.1, 0.15) is 5.75 Å². The zero-order valence-corrected chi connectivity index (χ0v) is 20.7. The van der Waals surface area contributed by atoms with E-state index in [2.05, 4.69) is 0 Å². The molecule has 0 spiro atoms. The normalized spacial score (nSPS) is 24.7. The summed E-state index contributed by atoms with van der Waals surface area (Å²) < 4.78 is 56.6. The number of piperazine rings is 1. The third-order valence-corrected chi connectivity index (χ3v) is 10.7. The molecule has 1 aromatic carbocycles. The lowest BCUT2D eigenvalue weighted by Crippen LogP contribution is -2.54. The van der Waals surface area contributed by atoms with Crippen molar-refractivity contribution >= 4 is 25.8 Å². The summed E-state index contributed by atoms with van der Waals surface area (Å²) in [6.45, 7) is 1.74. The van der Waals surface area contributed by atoms with Gasteiger partial charge in [0, 0.05) is 38.3 Å². The highest BCUT2D eigenvalue weighted by Crippen LogP contribution is 2.29. The first-order valence-electron chi connectivity index (χ1n) is 11.6. The van der Waals surface area contributed by atoms with Gasteiger partial charge >= 0.3 is 0 Å². The first-order chi connectivity index (χ1) is 15.7. The fraction of sp³-hybridized carbons (Fsp3) is 0.682. The molecule has 184 valence electrons. The Morgan fingerprint density at radius 1 is 1.03 bits per heavy atom. The van der Waals surface area contributed by atoms with Crippen molar-refractivity contribution in [1.82, 2.24) is 14.1 Å². The van der Waals surface area contributed by atoms with E-state index in [0.29, 0.717) is 38.3 Å². The summed E-state index contributed by atoms with van der Waals surface area (Å²) in [6, 6.07) is 6.22. The third kappa shape index (κ3) is 5.52. The van der Waals surface area contributed by atoms with E-state index in [1.54, 1.807) is 24.3 Å². The number of carbonyl (C=O) groups excluding carboxylic acids is 1. The van der Waals surface area contributed by atoms with Gasteiger partial charge in [-0.1, -0.05) is 12.8 Å². The summed E-state index contributed by atoms with van der Waals surface area (Å²) in [5.41, 5.74) is 0. The number of nitrogens with zero attached hydrogens (tertiary/aromatic N) is 3. The van der Waals surface area contributed by atoms with Crippen molar-refractivity contribution in [1.29, 1.82) is 0 Å². The summed E-state index contributed by atoms with van der Waals surface area (Å²) in [7, 11) is -5.15. The molecule has 2 aliphatic heterocycles. The van der Waals surface area contributed by atoms with Crippen LogP contribution in [0.2, 0.25) is 0 Å². The van der Waals surface area contributed by atoms with E-state index in [-0.39, 0.29) is 40.9 Å². The van der Waals surface area contributed by atoms with E-state index in [1.165, 1.54) is 11.4 Å². The van der Waals surface area contributed by atoms with Crippen LogP contribution in [0.1, 0.15) is 32.1 Å². The highest BCUT2D eigenvalue weighted by atomic mass is 32.2. The molecule has 9 nitrogen and oxygen atoms in total. The molecule has 1 amide bonds. The lowest BCUT2D eigenvalue weighted by atomic mass is 10.1. The Bertz CT molecular complexity index is 1040. The maximum Gasteiger partial charge on any atom is 0.243 e. The zero-order valence-electron chi connectivity index (χ0n) is 19.1. The maximum atomic E-state index is 13.3. The van der Waals surface area contributed by atoms with Gasteiger partial charge in [-0.25, -0.2) is 16.8 Å². The third-order valence-electron chi connectivity index (χ3n) is 7.00. The standard InChI is InChI=1S/C22H33N3O6S2/c1-31-20-6-8-21(9-7-20)33(29,30)24-13-11-23(12-14-24)16-22(26)25(18-4-2-3-5-18)19-10-15-32(27,28)17-19/h6-9,18-19H,2-5,10-17H2,1H3/t19-/m0/s1. The predicted octanol–water partition coefficient (Wildman–Crippen LogP) is 0.960. The Morgan fingerprint density at radius 2 is 1.67 bits per heavy atom. The Balaban J connectivity index is 1.37. The molecule has 3 fully saturated rings. The molecule has 0 aromatic heterocycles. The maximum absolute atomic E-state index is 13.3. The van der Waals surface area contributed by atoms with Crippen LogP contribution in [0.5, 0.6) is 5.75 Å². The van der Waals surface area contributed by atoms with Crippen molar-refractivity contribution < 1.29 is 26.4 Å². The average molecular weight is 500 g/mol. The second kappa shape index (κ2) is 9.89. The van der Waals surface area contributed by atoms with Crippen LogP contribution >= 0.6 is 0 Å². The number of sulfone groups is 1. The molecule has 2 heterocycles. The van der Waals surface area contributed by atoms with Crippen LogP contribution in [0, 0.1) is 0 Å². The fourth-order valence-electron chi connectivity index (χ4n) is 5.18. The predicted molar refractivity (Wildman–Crippen MR) is 124 cm³/mol. The molecule has 1 aromatic rings. The average Bonchev–Trinajstić information content (AvgIpc) is 3.44. The largest absolute Gasteiger partial charge is 0.497 e. The molecule has 0 radical (unpaired) electrons. The van der Waals surface area contributed by atoms with Crippen molar-refractivity contribution in [3.05, 3.63) is 24.3 Å². The highest BCUT2D eigenvalue weighted by molar-refractivity contribution is 7.91. The molecule has 3 aliphatic rings. The first-order valence-corrected chi connectivity index (χ1v) is 14.8. The molecule has 11 heteroatoms. The molecule has 2 saturated heterocycles. The summed E-state index contributed by atoms with van der Waals surface area (Å²) in [5, 5.41) is 0. The lowest BCUT2D eigenvalue weighted by Gasteiger charge is -2.38. The van der Waals surface area contributed by atoms with Crippen LogP contribution in [0.4, 0.5) is 0 Å². The van der Waals surface area contributed by atoms with E-state index in [1.807, 2.05) is 9.80 Å². The lowest BCUT2D eigenvalue weighted by molar-refractivity contribution is -0.137. The minimum absolute atomic E-state index is 0.0320. The SMILES string of the molecule is COc1ccc(S(=O)(=O)N2CCN(CC(=O)N(C3CCCC3)[C@H]3CCS(=O)(=O)C3)CC2)cc1. The summed E-state index contributed by atoms with van der Waals surface area (Å²) >= 11 is 0. The molecule has 1 saturated carbocycles. The topological polar surface area (TPSA) is 104 Å². The smallest absolute Gasteiger partial charge is 0.243 e. The quantitative estimate of drug-likeness (QED) is 0.550. The summed E-state index contributed by atoms with van der Waals surface area (Å²) in [4.78, 5) is 17.4. The van der Waals surface area contributed by atoms with Crippen LogP contribution in [0.15, 0.2) is 29.2 Å². The van der Waals surface area contributed by atoms with E-state index >= 15 is 0 Å². The molecule has 0 N–H and O–H groups in total. The Morgan fingerprint density at radius 3 is 2.21 bits per heavy atom. The van der Waals surface area contributed by atoms with Crippen molar-refractivity contribution in [3.8, 4) is 5.75 Å². The van der Waals surface area contributed by atoms with Crippen molar-refractivity contribution in [2.24, 2.45) is 0 Å². The summed E-state index contributed by atoms with van der Waals surface area (Å²) in [6.07, 6.45) is 4.50. The molecule has 33 heavy (non-hydrogen) atoms. The van der Waals surface area contributed by atoms with Crippen LogP contribution < -0.4 is 4.74 Å². The number of methoxy groups -OCH3 is 1. The second-order valence-corrected chi connectivity index (χ2v) is 13.3. The van der Waals surface area contributed by atoms with Gasteiger partial charge < -0.3 is 9.64 Å². The molecule has 1 aliphatic carbocycles. The van der Waals surface area contributed by atoms with E-state index in [4.69, 9.17) is 4.74 Å². The Labute approximate surface area is 196 Å². The van der Waals surface area contributed by atoms with Gasteiger partial charge in [-0.2, -0.15) is 4.31 Å². The van der Waals surface area contributed by atoms with Gasteiger partial charge in [-0.05, 0) is 43.5 Å². The number of sulfonamides is 1. The minimum atomic E-state index is -3.61. The number of carbonyl (C=O) groups is 1. The van der Waals surface area contributed by atoms with E-state index in [0.717, 1.165) is 25.7 Å². The van der Waals surface area contributed by atoms with Crippen molar-refractivity contribution in [2.75, 3.05) is 51.3 Å². The number of hydrogen-bond acceptors (Lipinski definition) is 7. The van der Waals surface area contributed by atoms with Gasteiger partial charge in [0.05, 0.1) is 30.1 Å². The van der Waals surface area contributed by atoms with E-state index in [9.17, 15) is 21.6 Å². The molecular weight excluding hydrogens is 466 g/mol. The van der Waals surface area contributed by atoms with Gasteiger partial charge in [0.15, 0.2) is 9.84 Å². The van der Waals surface area contributed by atoms with Crippen LogP contribution in [-0.4, -0.2) is 100 Å². The van der Waals surface area contributed by atoms with Gasteiger partial charge in [-0.15, -0.1) is 0 Å². The number of benzene rings is 1. The highest BCUT2D eigenvalue weighted by Gasteiger charge is 2.39. The van der Waals surface area contributed by atoms with Gasteiger partial charge in [-0.3, -0.25) is 9.69 Å². The van der Waals surface area contributed by atoms with Crippen molar-refractivity contribution in [3.63, 3.8) is 0 Å². The second-order valence-electron chi connectivity index (χ2n) is 9.15. The van der Waals surface area contributed by atoms with Crippen molar-refractivity contribution in [2.45, 2.75) is 49.1 Å². The Kier molecular flexibility index (Phi) is 7.32.